The van der Waals surface area contributed by atoms with E-state index in [9.17, 15) is 4.79 Å². The predicted octanol–water partition coefficient (Wildman–Crippen LogP) is 0.343. The van der Waals surface area contributed by atoms with Crippen LogP contribution in [-0.2, 0) is 13.0 Å². The van der Waals surface area contributed by atoms with Crippen LogP contribution < -0.4 is 10.9 Å². The third kappa shape index (κ3) is 2.71. The summed E-state index contributed by atoms with van der Waals surface area (Å²) in [6, 6.07) is 2.03. The summed E-state index contributed by atoms with van der Waals surface area (Å²) < 4.78 is 0. The van der Waals surface area contributed by atoms with Gasteiger partial charge in [-0.25, -0.2) is 0 Å². The number of H-pyrrole nitrogens is 1. The van der Waals surface area contributed by atoms with Crippen LogP contribution in [0.2, 0.25) is 0 Å². The van der Waals surface area contributed by atoms with Crippen molar-refractivity contribution >= 4 is 0 Å². The van der Waals surface area contributed by atoms with E-state index in [2.05, 4.69) is 22.1 Å². The zero-order valence-corrected chi connectivity index (χ0v) is 9.75. The van der Waals surface area contributed by atoms with Gasteiger partial charge in [0.25, 0.3) is 5.56 Å². The van der Waals surface area contributed by atoms with Crippen LogP contribution in [0.1, 0.15) is 18.1 Å². The molecule has 0 atom stereocenters. The quantitative estimate of drug-likeness (QED) is 0.774. The molecular formula is C12H19N3O. The molecule has 1 saturated heterocycles. The van der Waals surface area contributed by atoms with E-state index in [0.29, 0.717) is 0 Å². The molecule has 1 fully saturated rings. The van der Waals surface area contributed by atoms with Crippen molar-refractivity contribution in [3.63, 3.8) is 0 Å². The number of aromatic nitrogens is 1. The highest BCUT2D eigenvalue weighted by Gasteiger charge is 2.11. The highest BCUT2D eigenvalue weighted by atomic mass is 16.1. The first-order valence-corrected chi connectivity index (χ1v) is 5.93. The van der Waals surface area contributed by atoms with Crippen molar-refractivity contribution in [2.24, 2.45) is 0 Å². The smallest absolute Gasteiger partial charge is 0.252 e. The average molecular weight is 221 g/mol. The van der Waals surface area contributed by atoms with Gasteiger partial charge in [-0.05, 0) is 18.1 Å². The standard InChI is InChI=1S/C12H19N3O/c1-2-10-7-11(12(16)14-8-10)9-15-5-3-13-4-6-15/h7-8,13H,2-6,9H2,1H3,(H,14,16). The van der Waals surface area contributed by atoms with Crippen LogP contribution in [0, 0.1) is 0 Å². The van der Waals surface area contributed by atoms with Crippen molar-refractivity contribution in [1.29, 1.82) is 0 Å². The van der Waals surface area contributed by atoms with Gasteiger partial charge in [-0.1, -0.05) is 6.92 Å². The van der Waals surface area contributed by atoms with Crippen molar-refractivity contribution in [3.05, 3.63) is 33.7 Å². The third-order valence-corrected chi connectivity index (χ3v) is 3.05. The molecule has 0 radical (unpaired) electrons. The maximum atomic E-state index is 11.7. The van der Waals surface area contributed by atoms with Crippen molar-refractivity contribution in [3.8, 4) is 0 Å². The van der Waals surface area contributed by atoms with Gasteiger partial charge in [-0.2, -0.15) is 0 Å². The van der Waals surface area contributed by atoms with Gasteiger partial charge in [0, 0.05) is 44.5 Å². The fraction of sp³-hybridized carbons (Fsp3) is 0.583. The Hall–Kier alpha value is -1.13. The van der Waals surface area contributed by atoms with E-state index < -0.39 is 0 Å². The SMILES string of the molecule is CCc1c[nH]c(=O)c(CN2CCNCC2)c1. The van der Waals surface area contributed by atoms with Gasteiger partial charge in [0.05, 0.1) is 0 Å². The second kappa shape index (κ2) is 5.27. The lowest BCUT2D eigenvalue weighted by atomic mass is 10.1. The molecule has 0 spiro atoms. The molecule has 0 aliphatic carbocycles. The summed E-state index contributed by atoms with van der Waals surface area (Å²) in [7, 11) is 0. The summed E-state index contributed by atoms with van der Waals surface area (Å²) in [6.45, 7) is 6.95. The molecule has 0 saturated carbocycles. The summed E-state index contributed by atoms with van der Waals surface area (Å²) in [5.74, 6) is 0. The molecule has 2 N–H and O–H groups in total. The lowest BCUT2D eigenvalue weighted by Crippen LogP contribution is -2.43. The van der Waals surface area contributed by atoms with Crippen LogP contribution in [0.25, 0.3) is 0 Å². The Kier molecular flexibility index (Phi) is 3.74. The molecule has 0 aromatic carbocycles. The molecule has 1 aliphatic rings. The molecule has 0 bridgehead atoms. The summed E-state index contributed by atoms with van der Waals surface area (Å²) in [6.07, 6.45) is 2.77. The van der Waals surface area contributed by atoms with Crippen molar-refractivity contribution in [2.75, 3.05) is 26.2 Å². The fourth-order valence-electron chi connectivity index (χ4n) is 2.01. The molecule has 1 aromatic heterocycles. The van der Waals surface area contributed by atoms with Crippen LogP contribution in [0.3, 0.4) is 0 Å². The van der Waals surface area contributed by atoms with E-state index in [-0.39, 0.29) is 5.56 Å². The maximum absolute atomic E-state index is 11.7. The highest BCUT2D eigenvalue weighted by Crippen LogP contribution is 2.04. The molecule has 0 unspecified atom stereocenters. The van der Waals surface area contributed by atoms with Gasteiger partial charge < -0.3 is 10.3 Å². The highest BCUT2D eigenvalue weighted by molar-refractivity contribution is 5.18. The number of aryl methyl sites for hydroxylation is 1. The molecule has 1 aliphatic heterocycles. The van der Waals surface area contributed by atoms with Crippen LogP contribution >= 0.6 is 0 Å². The van der Waals surface area contributed by atoms with Crippen LogP contribution in [-0.4, -0.2) is 36.1 Å². The Balaban J connectivity index is 2.10. The van der Waals surface area contributed by atoms with E-state index >= 15 is 0 Å². The zero-order valence-electron chi connectivity index (χ0n) is 9.75. The molecule has 0 amide bonds. The predicted molar refractivity (Wildman–Crippen MR) is 64.6 cm³/mol. The second-order valence-corrected chi connectivity index (χ2v) is 4.24. The monoisotopic (exact) mass is 221 g/mol. The first-order chi connectivity index (χ1) is 7.79. The van der Waals surface area contributed by atoms with Crippen molar-refractivity contribution in [1.82, 2.24) is 15.2 Å². The molecule has 4 nitrogen and oxygen atoms in total. The van der Waals surface area contributed by atoms with Crippen LogP contribution in [0.15, 0.2) is 17.1 Å². The summed E-state index contributed by atoms with van der Waals surface area (Å²) in [5, 5.41) is 3.31. The lowest BCUT2D eigenvalue weighted by molar-refractivity contribution is 0.232. The lowest BCUT2D eigenvalue weighted by Gasteiger charge is -2.26. The number of hydrogen-bond acceptors (Lipinski definition) is 3. The number of hydrogen-bond donors (Lipinski definition) is 2. The summed E-state index contributed by atoms with van der Waals surface area (Å²) >= 11 is 0. The van der Waals surface area contributed by atoms with E-state index in [1.807, 2.05) is 12.3 Å². The van der Waals surface area contributed by atoms with Crippen molar-refractivity contribution < 1.29 is 0 Å². The van der Waals surface area contributed by atoms with Gasteiger partial charge >= 0.3 is 0 Å². The number of rotatable bonds is 3. The normalized spacial score (nSPS) is 17.6. The first kappa shape index (κ1) is 11.4. The largest absolute Gasteiger partial charge is 0.329 e. The minimum Gasteiger partial charge on any atom is -0.329 e. The van der Waals surface area contributed by atoms with E-state index in [4.69, 9.17) is 0 Å². The minimum atomic E-state index is 0.0516. The molecular weight excluding hydrogens is 202 g/mol. The Labute approximate surface area is 95.7 Å². The number of pyridine rings is 1. The van der Waals surface area contributed by atoms with Gasteiger partial charge in [-0.3, -0.25) is 9.69 Å². The van der Waals surface area contributed by atoms with Crippen LogP contribution in [0.5, 0.6) is 0 Å². The fourth-order valence-corrected chi connectivity index (χ4v) is 2.01. The van der Waals surface area contributed by atoms with E-state index in [1.165, 1.54) is 5.56 Å². The molecule has 16 heavy (non-hydrogen) atoms. The zero-order chi connectivity index (χ0) is 11.4. The maximum Gasteiger partial charge on any atom is 0.252 e. The molecule has 88 valence electrons. The van der Waals surface area contributed by atoms with Gasteiger partial charge in [0.15, 0.2) is 0 Å². The Morgan fingerprint density at radius 2 is 2.12 bits per heavy atom. The summed E-state index contributed by atoms with van der Waals surface area (Å²) in [4.78, 5) is 16.8. The molecule has 1 aromatic rings. The second-order valence-electron chi connectivity index (χ2n) is 4.24. The van der Waals surface area contributed by atoms with Gasteiger partial charge in [0.1, 0.15) is 0 Å². The minimum absolute atomic E-state index is 0.0516. The average Bonchev–Trinajstić information content (AvgIpc) is 2.33. The first-order valence-electron chi connectivity index (χ1n) is 5.93. The van der Waals surface area contributed by atoms with E-state index in [0.717, 1.165) is 44.7 Å². The van der Waals surface area contributed by atoms with Crippen molar-refractivity contribution in [2.45, 2.75) is 19.9 Å². The van der Waals surface area contributed by atoms with Gasteiger partial charge in [0.2, 0.25) is 0 Å². The number of aromatic amines is 1. The van der Waals surface area contributed by atoms with E-state index in [1.54, 1.807) is 0 Å². The number of piperazine rings is 1. The molecule has 2 heterocycles. The topological polar surface area (TPSA) is 48.1 Å². The van der Waals surface area contributed by atoms with Crippen LogP contribution in [0.4, 0.5) is 0 Å². The third-order valence-electron chi connectivity index (χ3n) is 3.05. The Bertz CT molecular complexity index is 393. The number of nitrogens with one attached hydrogen (secondary N) is 2. The Morgan fingerprint density at radius 1 is 1.38 bits per heavy atom. The van der Waals surface area contributed by atoms with Gasteiger partial charge in [-0.15, -0.1) is 0 Å². The molecule has 2 rings (SSSR count). The number of nitrogens with zero attached hydrogens (tertiary/aromatic N) is 1. The Morgan fingerprint density at radius 3 is 2.81 bits per heavy atom. The summed E-state index contributed by atoms with van der Waals surface area (Å²) in [5.41, 5.74) is 2.14. The molecule has 4 heteroatoms.